The van der Waals surface area contributed by atoms with E-state index in [0.29, 0.717) is 5.75 Å². The summed E-state index contributed by atoms with van der Waals surface area (Å²) in [6.45, 7) is 1.46. The van der Waals surface area contributed by atoms with E-state index in [1.807, 2.05) is 0 Å². The zero-order chi connectivity index (χ0) is 18.4. The van der Waals surface area contributed by atoms with Crippen LogP contribution in [0.25, 0.3) is 0 Å². The SMILES string of the molecule is C[C@@H](Oc1ccc(F)cc1)C(=O)NNC(=O)c1ccc([N+](=O)[O-])cc1. The highest BCUT2D eigenvalue weighted by molar-refractivity contribution is 5.95. The first-order chi connectivity index (χ1) is 11.9. The van der Waals surface area contributed by atoms with E-state index in [0.717, 1.165) is 0 Å². The van der Waals surface area contributed by atoms with E-state index >= 15 is 0 Å². The van der Waals surface area contributed by atoms with Crippen molar-refractivity contribution in [1.82, 2.24) is 10.9 Å². The predicted octanol–water partition coefficient (Wildman–Crippen LogP) is 1.96. The molecule has 0 saturated carbocycles. The van der Waals surface area contributed by atoms with E-state index in [4.69, 9.17) is 4.74 Å². The molecule has 0 aliphatic carbocycles. The van der Waals surface area contributed by atoms with E-state index in [1.54, 1.807) is 0 Å². The van der Waals surface area contributed by atoms with E-state index in [-0.39, 0.29) is 11.3 Å². The van der Waals surface area contributed by atoms with Gasteiger partial charge in [-0.15, -0.1) is 0 Å². The van der Waals surface area contributed by atoms with Gasteiger partial charge >= 0.3 is 0 Å². The molecule has 9 heteroatoms. The molecule has 0 unspecified atom stereocenters. The maximum Gasteiger partial charge on any atom is 0.279 e. The molecule has 0 aliphatic heterocycles. The van der Waals surface area contributed by atoms with Crippen molar-refractivity contribution in [3.63, 3.8) is 0 Å². The van der Waals surface area contributed by atoms with Gasteiger partial charge in [-0.3, -0.25) is 30.6 Å². The van der Waals surface area contributed by atoms with Gasteiger partial charge in [0.15, 0.2) is 6.10 Å². The average molecular weight is 347 g/mol. The van der Waals surface area contributed by atoms with Crippen LogP contribution in [0.5, 0.6) is 5.75 Å². The van der Waals surface area contributed by atoms with Gasteiger partial charge in [0.2, 0.25) is 0 Å². The van der Waals surface area contributed by atoms with Gasteiger partial charge < -0.3 is 4.74 Å². The summed E-state index contributed by atoms with van der Waals surface area (Å²) in [7, 11) is 0. The Morgan fingerprint density at radius 2 is 1.68 bits per heavy atom. The highest BCUT2D eigenvalue weighted by Crippen LogP contribution is 2.13. The summed E-state index contributed by atoms with van der Waals surface area (Å²) in [5, 5.41) is 10.6. The van der Waals surface area contributed by atoms with Crippen molar-refractivity contribution >= 4 is 17.5 Å². The molecule has 0 saturated heterocycles. The molecule has 0 radical (unpaired) electrons. The van der Waals surface area contributed by atoms with Gasteiger partial charge in [0.1, 0.15) is 11.6 Å². The molecule has 2 aromatic rings. The third-order valence-electron chi connectivity index (χ3n) is 3.14. The first-order valence-corrected chi connectivity index (χ1v) is 7.13. The van der Waals surface area contributed by atoms with Crippen LogP contribution in [0, 0.1) is 15.9 Å². The van der Waals surface area contributed by atoms with Gasteiger partial charge in [0.05, 0.1) is 4.92 Å². The minimum atomic E-state index is -0.942. The lowest BCUT2D eigenvalue weighted by atomic mass is 10.2. The van der Waals surface area contributed by atoms with E-state index in [1.165, 1.54) is 55.5 Å². The second kappa shape index (κ2) is 7.86. The lowest BCUT2D eigenvalue weighted by Gasteiger charge is -2.15. The molecule has 0 heterocycles. The third kappa shape index (κ3) is 4.99. The minimum absolute atomic E-state index is 0.137. The van der Waals surface area contributed by atoms with E-state index in [9.17, 15) is 24.1 Å². The Bertz CT molecular complexity index is 777. The molecular weight excluding hydrogens is 333 g/mol. The van der Waals surface area contributed by atoms with Crippen LogP contribution in [0.15, 0.2) is 48.5 Å². The van der Waals surface area contributed by atoms with Crippen molar-refractivity contribution in [3.8, 4) is 5.75 Å². The molecule has 8 nitrogen and oxygen atoms in total. The van der Waals surface area contributed by atoms with Crippen LogP contribution in [0.3, 0.4) is 0 Å². The number of carbonyl (C=O) groups excluding carboxylic acids is 2. The van der Waals surface area contributed by atoms with Crippen molar-refractivity contribution in [2.45, 2.75) is 13.0 Å². The topological polar surface area (TPSA) is 111 Å². The second-order valence-corrected chi connectivity index (χ2v) is 4.96. The Hall–Kier alpha value is -3.49. The molecule has 2 aromatic carbocycles. The predicted molar refractivity (Wildman–Crippen MR) is 85.2 cm³/mol. The molecule has 2 amide bonds. The maximum atomic E-state index is 12.8. The molecule has 0 aromatic heterocycles. The number of halogens is 1. The van der Waals surface area contributed by atoms with Gasteiger partial charge in [-0.05, 0) is 43.3 Å². The number of nitro benzene ring substituents is 1. The third-order valence-corrected chi connectivity index (χ3v) is 3.14. The molecule has 0 spiro atoms. The summed E-state index contributed by atoms with van der Waals surface area (Å²) in [6, 6.07) is 10.00. The highest BCUT2D eigenvalue weighted by atomic mass is 19.1. The fraction of sp³-hybridized carbons (Fsp3) is 0.125. The molecule has 1 atom stereocenters. The quantitative estimate of drug-likeness (QED) is 0.634. The van der Waals surface area contributed by atoms with Crippen LogP contribution in [-0.2, 0) is 4.79 Å². The highest BCUT2D eigenvalue weighted by Gasteiger charge is 2.16. The first-order valence-electron chi connectivity index (χ1n) is 7.13. The van der Waals surface area contributed by atoms with Crippen LogP contribution < -0.4 is 15.6 Å². The van der Waals surface area contributed by atoms with Crippen molar-refractivity contribution < 1.29 is 23.6 Å². The molecule has 25 heavy (non-hydrogen) atoms. The second-order valence-electron chi connectivity index (χ2n) is 4.96. The smallest absolute Gasteiger partial charge is 0.279 e. The van der Waals surface area contributed by atoms with Gasteiger partial charge in [-0.1, -0.05) is 0 Å². The number of hydrazine groups is 1. The lowest BCUT2D eigenvalue weighted by Crippen LogP contribution is -2.47. The number of non-ortho nitro benzene ring substituents is 1. The van der Waals surface area contributed by atoms with Crippen molar-refractivity contribution in [2.75, 3.05) is 0 Å². The molecule has 130 valence electrons. The number of hydrogen-bond acceptors (Lipinski definition) is 5. The monoisotopic (exact) mass is 347 g/mol. The standard InChI is InChI=1S/C16H14FN3O5/c1-10(25-14-8-4-12(17)5-9-14)15(21)18-19-16(22)11-2-6-13(7-3-11)20(23)24/h2-10H,1H3,(H,18,21)(H,19,22)/t10-/m1/s1. The largest absolute Gasteiger partial charge is 0.481 e. The Morgan fingerprint density at radius 3 is 2.24 bits per heavy atom. The number of nitro groups is 1. The van der Waals surface area contributed by atoms with Crippen LogP contribution in [0.4, 0.5) is 10.1 Å². The summed E-state index contributed by atoms with van der Waals surface area (Å²) in [4.78, 5) is 33.7. The molecular formula is C16H14FN3O5. The van der Waals surface area contributed by atoms with Crippen LogP contribution >= 0.6 is 0 Å². The first kappa shape index (κ1) is 17.9. The number of hydrogen-bond donors (Lipinski definition) is 2. The Labute approximate surface area is 141 Å². The fourth-order valence-corrected chi connectivity index (χ4v) is 1.80. The zero-order valence-electron chi connectivity index (χ0n) is 13.1. The summed E-state index contributed by atoms with van der Waals surface area (Å²) in [6.07, 6.45) is -0.942. The normalized spacial score (nSPS) is 11.3. The number of amides is 2. The number of ether oxygens (including phenoxy) is 1. The molecule has 0 fully saturated rings. The molecule has 0 bridgehead atoms. The van der Waals surface area contributed by atoms with Crippen LogP contribution in [0.1, 0.15) is 17.3 Å². The maximum absolute atomic E-state index is 12.8. The van der Waals surface area contributed by atoms with Crippen LogP contribution in [-0.4, -0.2) is 22.8 Å². The van der Waals surface area contributed by atoms with Crippen molar-refractivity contribution in [2.24, 2.45) is 0 Å². The van der Waals surface area contributed by atoms with E-state index in [2.05, 4.69) is 10.9 Å². The number of carbonyl (C=O) groups is 2. The van der Waals surface area contributed by atoms with Gasteiger partial charge in [0.25, 0.3) is 17.5 Å². The molecule has 2 N–H and O–H groups in total. The Balaban J connectivity index is 1.86. The Kier molecular flexibility index (Phi) is 5.62. The fourth-order valence-electron chi connectivity index (χ4n) is 1.80. The number of benzene rings is 2. The average Bonchev–Trinajstić information content (AvgIpc) is 2.61. The van der Waals surface area contributed by atoms with Crippen molar-refractivity contribution in [1.29, 1.82) is 0 Å². The molecule has 0 aliphatic rings. The Morgan fingerprint density at radius 1 is 1.08 bits per heavy atom. The lowest BCUT2D eigenvalue weighted by molar-refractivity contribution is -0.384. The van der Waals surface area contributed by atoms with Crippen LogP contribution in [0.2, 0.25) is 0 Å². The summed E-state index contributed by atoms with van der Waals surface area (Å²) < 4.78 is 18.1. The van der Waals surface area contributed by atoms with Gasteiger partial charge in [-0.25, -0.2) is 4.39 Å². The molecule has 2 rings (SSSR count). The number of nitrogens with zero attached hydrogens (tertiary/aromatic N) is 1. The van der Waals surface area contributed by atoms with Gasteiger partial charge in [-0.2, -0.15) is 0 Å². The number of rotatable bonds is 5. The summed E-state index contributed by atoms with van der Waals surface area (Å²) in [5.74, 6) is -1.40. The van der Waals surface area contributed by atoms with E-state index < -0.39 is 28.7 Å². The zero-order valence-corrected chi connectivity index (χ0v) is 13.1. The van der Waals surface area contributed by atoms with Gasteiger partial charge in [0, 0.05) is 17.7 Å². The minimum Gasteiger partial charge on any atom is -0.481 e. The van der Waals surface area contributed by atoms with Crippen molar-refractivity contribution in [3.05, 3.63) is 70.0 Å². The number of nitrogens with one attached hydrogen (secondary N) is 2. The summed E-state index contributed by atoms with van der Waals surface area (Å²) in [5.41, 5.74) is 4.34. The summed E-state index contributed by atoms with van der Waals surface area (Å²) >= 11 is 0.